The van der Waals surface area contributed by atoms with Crippen LogP contribution in [-0.2, 0) is 9.84 Å². The highest BCUT2D eigenvalue weighted by Gasteiger charge is 2.28. The summed E-state index contributed by atoms with van der Waals surface area (Å²) >= 11 is 1.12. The number of hydrogen-bond acceptors (Lipinski definition) is 6. The van der Waals surface area contributed by atoms with Crippen molar-refractivity contribution in [1.82, 2.24) is 5.32 Å². The van der Waals surface area contributed by atoms with Gasteiger partial charge in [-0.25, -0.2) is 8.42 Å². The van der Waals surface area contributed by atoms with Gasteiger partial charge in [-0.3, -0.25) is 4.79 Å². The number of nitrogens with zero attached hydrogens (tertiary/aromatic N) is 1. The van der Waals surface area contributed by atoms with Gasteiger partial charge >= 0.3 is 0 Å². The molecule has 1 amide bonds. The molecule has 1 aromatic rings. The minimum Gasteiger partial charge on any atom is -0.396 e. The molecular weight excluding hydrogens is 298 g/mol. The molecule has 0 aliphatic carbocycles. The topological polar surface area (TPSA) is 92.5 Å². The molecule has 114 valence electrons. The minimum atomic E-state index is -3.49. The summed E-state index contributed by atoms with van der Waals surface area (Å²) in [6.45, 7) is 4.95. The van der Waals surface area contributed by atoms with Crippen molar-refractivity contribution in [3.63, 3.8) is 0 Å². The van der Waals surface area contributed by atoms with Gasteiger partial charge in [-0.15, -0.1) is 11.3 Å². The zero-order valence-corrected chi connectivity index (χ0v) is 13.8. The minimum absolute atomic E-state index is 0.0430. The molecule has 3 N–H and O–H groups in total. The molecular formula is C12H21N3O3S2. The molecule has 0 radical (unpaired) electrons. The summed E-state index contributed by atoms with van der Waals surface area (Å²) in [5, 5.41) is 3.17. The molecule has 0 aliphatic rings. The average Bonchev–Trinajstić information content (AvgIpc) is 2.67. The van der Waals surface area contributed by atoms with E-state index < -0.39 is 9.84 Å². The predicted molar refractivity (Wildman–Crippen MR) is 83.4 cm³/mol. The quantitative estimate of drug-likeness (QED) is 0.825. The van der Waals surface area contributed by atoms with E-state index in [4.69, 9.17) is 5.73 Å². The number of rotatable bonds is 6. The third-order valence-corrected chi connectivity index (χ3v) is 5.30. The van der Waals surface area contributed by atoms with Crippen LogP contribution in [0.25, 0.3) is 0 Å². The van der Waals surface area contributed by atoms with E-state index >= 15 is 0 Å². The monoisotopic (exact) mass is 319 g/mol. The van der Waals surface area contributed by atoms with Crippen molar-refractivity contribution >= 4 is 37.8 Å². The van der Waals surface area contributed by atoms with Crippen LogP contribution in [0, 0.1) is 0 Å². The van der Waals surface area contributed by atoms with Crippen molar-refractivity contribution in [3.05, 3.63) is 4.88 Å². The Morgan fingerprint density at radius 1 is 1.40 bits per heavy atom. The fourth-order valence-electron chi connectivity index (χ4n) is 1.87. The molecule has 0 saturated carbocycles. The van der Waals surface area contributed by atoms with Gasteiger partial charge in [0.1, 0.15) is 14.8 Å². The average molecular weight is 319 g/mol. The zero-order chi connectivity index (χ0) is 15.5. The maximum atomic E-state index is 11.9. The summed E-state index contributed by atoms with van der Waals surface area (Å²) in [6.07, 6.45) is 1.98. The molecule has 0 bridgehead atoms. The Hall–Kier alpha value is -1.28. The molecule has 0 aromatic carbocycles. The van der Waals surface area contributed by atoms with Crippen molar-refractivity contribution in [1.29, 1.82) is 0 Å². The van der Waals surface area contributed by atoms with Crippen LogP contribution in [0.15, 0.2) is 4.90 Å². The SMILES string of the molecule is CCCN(C)c1sc(C(=O)NCC)c(N)c1S(C)(=O)=O. The molecule has 0 fully saturated rings. The first-order valence-electron chi connectivity index (χ1n) is 6.35. The highest BCUT2D eigenvalue weighted by Crippen LogP contribution is 2.41. The maximum absolute atomic E-state index is 11.9. The molecule has 8 heteroatoms. The number of nitrogens with one attached hydrogen (secondary N) is 1. The van der Waals surface area contributed by atoms with Gasteiger partial charge in [0, 0.05) is 26.4 Å². The third kappa shape index (κ3) is 3.43. The Morgan fingerprint density at radius 3 is 2.45 bits per heavy atom. The molecule has 0 spiro atoms. The number of anilines is 2. The number of thiophene rings is 1. The van der Waals surface area contributed by atoms with Crippen LogP contribution in [0.2, 0.25) is 0 Å². The highest BCUT2D eigenvalue weighted by molar-refractivity contribution is 7.91. The van der Waals surface area contributed by atoms with E-state index in [2.05, 4.69) is 5.32 Å². The van der Waals surface area contributed by atoms with Crippen LogP contribution in [0.1, 0.15) is 29.9 Å². The van der Waals surface area contributed by atoms with Gasteiger partial charge in [0.25, 0.3) is 5.91 Å². The Morgan fingerprint density at radius 2 is 2.00 bits per heavy atom. The van der Waals surface area contributed by atoms with E-state index in [0.29, 0.717) is 18.1 Å². The first-order chi connectivity index (χ1) is 9.23. The fraction of sp³-hybridized carbons (Fsp3) is 0.583. The van der Waals surface area contributed by atoms with Gasteiger partial charge in [-0.2, -0.15) is 0 Å². The van der Waals surface area contributed by atoms with Crippen LogP contribution in [0.5, 0.6) is 0 Å². The molecule has 6 nitrogen and oxygen atoms in total. The van der Waals surface area contributed by atoms with E-state index in [1.807, 2.05) is 11.8 Å². The van der Waals surface area contributed by atoms with E-state index in [1.54, 1.807) is 14.0 Å². The van der Waals surface area contributed by atoms with Gasteiger partial charge in [0.2, 0.25) is 0 Å². The second-order valence-electron chi connectivity index (χ2n) is 4.53. The lowest BCUT2D eigenvalue weighted by Gasteiger charge is -2.17. The summed E-state index contributed by atoms with van der Waals surface area (Å²) in [6, 6.07) is 0. The van der Waals surface area contributed by atoms with E-state index in [9.17, 15) is 13.2 Å². The first kappa shape index (κ1) is 16.8. The number of nitrogens with two attached hydrogens (primary N) is 1. The largest absolute Gasteiger partial charge is 0.396 e. The summed E-state index contributed by atoms with van der Waals surface area (Å²) in [5.74, 6) is -0.337. The van der Waals surface area contributed by atoms with Crippen LogP contribution in [0.3, 0.4) is 0 Å². The van der Waals surface area contributed by atoms with Crippen LogP contribution >= 0.6 is 11.3 Å². The number of carbonyl (C=O) groups is 1. The van der Waals surface area contributed by atoms with Gasteiger partial charge in [0.05, 0.1) is 5.69 Å². The van der Waals surface area contributed by atoms with Gasteiger partial charge in [-0.1, -0.05) is 6.92 Å². The second kappa shape index (κ2) is 6.45. The number of amides is 1. The summed E-state index contributed by atoms with van der Waals surface area (Å²) in [4.78, 5) is 14.1. The van der Waals surface area contributed by atoms with Crippen LogP contribution in [-0.4, -0.2) is 40.7 Å². The standard InChI is InChI=1S/C12H21N3O3S2/c1-5-7-15(3)12-10(20(4,17)18)8(13)9(19-12)11(16)14-6-2/h5-7,13H2,1-4H3,(H,14,16). The lowest BCUT2D eigenvalue weighted by atomic mass is 10.3. The fourth-order valence-corrected chi connectivity index (χ4v) is 4.51. The maximum Gasteiger partial charge on any atom is 0.263 e. The van der Waals surface area contributed by atoms with E-state index in [1.165, 1.54) is 0 Å². The Kier molecular flexibility index (Phi) is 5.41. The number of sulfone groups is 1. The molecule has 1 rings (SSSR count). The number of nitrogen functional groups attached to an aromatic ring is 1. The Bertz CT molecular complexity index is 593. The van der Waals surface area contributed by atoms with Crippen molar-refractivity contribution in [3.8, 4) is 0 Å². The van der Waals surface area contributed by atoms with Gasteiger partial charge < -0.3 is 16.0 Å². The lowest BCUT2D eigenvalue weighted by molar-refractivity contribution is 0.0960. The molecule has 0 aliphatic heterocycles. The lowest BCUT2D eigenvalue weighted by Crippen LogP contribution is -2.22. The van der Waals surface area contributed by atoms with Gasteiger partial charge in [-0.05, 0) is 13.3 Å². The summed E-state index contributed by atoms with van der Waals surface area (Å²) in [7, 11) is -1.69. The van der Waals surface area contributed by atoms with Gasteiger partial charge in [0.15, 0.2) is 9.84 Å². The first-order valence-corrected chi connectivity index (χ1v) is 9.06. The summed E-state index contributed by atoms with van der Waals surface area (Å²) < 4.78 is 23.9. The molecule has 20 heavy (non-hydrogen) atoms. The summed E-state index contributed by atoms with van der Waals surface area (Å²) in [5.41, 5.74) is 5.94. The van der Waals surface area contributed by atoms with Crippen molar-refractivity contribution < 1.29 is 13.2 Å². The third-order valence-electron chi connectivity index (χ3n) is 2.70. The normalized spacial score (nSPS) is 11.4. The van der Waals surface area contributed by atoms with E-state index in [-0.39, 0.29) is 21.4 Å². The van der Waals surface area contributed by atoms with E-state index in [0.717, 1.165) is 24.0 Å². The zero-order valence-electron chi connectivity index (χ0n) is 12.2. The van der Waals surface area contributed by atoms with Crippen molar-refractivity contribution in [2.75, 3.05) is 37.0 Å². The Balaban J connectivity index is 3.43. The molecule has 0 unspecified atom stereocenters. The van der Waals surface area contributed by atoms with Crippen LogP contribution in [0.4, 0.5) is 10.7 Å². The Labute approximate surface area is 123 Å². The van der Waals surface area contributed by atoms with Crippen molar-refractivity contribution in [2.45, 2.75) is 25.2 Å². The number of carbonyl (C=O) groups excluding carboxylic acids is 1. The molecule has 0 saturated heterocycles. The van der Waals surface area contributed by atoms with Crippen LogP contribution < -0.4 is 16.0 Å². The molecule has 1 aromatic heterocycles. The molecule has 0 atom stereocenters. The predicted octanol–water partition coefficient (Wildman–Crippen LogP) is 1.33. The smallest absolute Gasteiger partial charge is 0.263 e. The van der Waals surface area contributed by atoms with Crippen molar-refractivity contribution in [2.24, 2.45) is 0 Å². The number of hydrogen-bond donors (Lipinski definition) is 2. The molecule has 1 heterocycles. The second-order valence-corrected chi connectivity index (χ2v) is 7.48. The highest BCUT2D eigenvalue weighted by atomic mass is 32.2.